The lowest BCUT2D eigenvalue weighted by Crippen LogP contribution is -2.38. The van der Waals surface area contributed by atoms with Crippen molar-refractivity contribution in [3.8, 4) is 0 Å². The summed E-state index contributed by atoms with van der Waals surface area (Å²) in [4.78, 5) is 15.8. The number of rotatable bonds is 8. The summed E-state index contributed by atoms with van der Waals surface area (Å²) in [5.74, 6) is -0.374. The third-order valence-electron chi connectivity index (χ3n) is 3.58. The van der Waals surface area contributed by atoms with Crippen molar-refractivity contribution in [3.63, 3.8) is 0 Å². The lowest BCUT2D eigenvalue weighted by atomic mass is 10.2. The van der Waals surface area contributed by atoms with Gasteiger partial charge >= 0.3 is 0 Å². The highest BCUT2D eigenvalue weighted by Gasteiger charge is 2.22. The Hall–Kier alpha value is -1.45. The van der Waals surface area contributed by atoms with Gasteiger partial charge in [0, 0.05) is 31.1 Å². The Labute approximate surface area is 164 Å². The van der Waals surface area contributed by atoms with Gasteiger partial charge < -0.3 is 16.0 Å². The van der Waals surface area contributed by atoms with E-state index in [2.05, 4.69) is 20.9 Å². The number of benzene rings is 1. The summed E-state index contributed by atoms with van der Waals surface area (Å²) in [6, 6.07) is 3.70. The molecule has 1 aliphatic carbocycles. The van der Waals surface area contributed by atoms with Crippen LogP contribution >= 0.6 is 24.0 Å². The van der Waals surface area contributed by atoms with Crippen LogP contribution in [-0.4, -0.2) is 31.0 Å². The molecule has 1 saturated carbocycles. The molecule has 0 spiro atoms. The summed E-state index contributed by atoms with van der Waals surface area (Å²) in [6.45, 7) is 3.19. The van der Waals surface area contributed by atoms with E-state index in [1.165, 1.54) is 0 Å². The molecule has 0 saturated heterocycles. The van der Waals surface area contributed by atoms with Gasteiger partial charge in [-0.25, -0.2) is 13.8 Å². The van der Waals surface area contributed by atoms with Crippen LogP contribution < -0.4 is 16.0 Å². The van der Waals surface area contributed by atoms with Crippen molar-refractivity contribution in [2.75, 3.05) is 13.1 Å². The summed E-state index contributed by atoms with van der Waals surface area (Å²) in [7, 11) is 0. The summed E-state index contributed by atoms with van der Waals surface area (Å²) < 4.78 is 26.7. The zero-order valence-corrected chi connectivity index (χ0v) is 16.6. The van der Waals surface area contributed by atoms with Crippen molar-refractivity contribution in [1.29, 1.82) is 0 Å². The molecule has 2 rings (SSSR count). The second kappa shape index (κ2) is 11.2. The lowest BCUT2D eigenvalue weighted by molar-refractivity contribution is -0.121. The Morgan fingerprint density at radius 2 is 2.04 bits per heavy atom. The number of aliphatic imine (C=N–C) groups is 1. The van der Waals surface area contributed by atoms with E-state index >= 15 is 0 Å². The minimum absolute atomic E-state index is 0. The van der Waals surface area contributed by atoms with Crippen LogP contribution in [0.3, 0.4) is 0 Å². The van der Waals surface area contributed by atoms with Crippen LogP contribution in [0, 0.1) is 11.6 Å². The first-order valence-corrected chi connectivity index (χ1v) is 8.34. The second-order valence-electron chi connectivity index (χ2n) is 5.80. The quantitative estimate of drug-likeness (QED) is 0.239. The normalized spacial score (nSPS) is 13.8. The largest absolute Gasteiger partial charge is 0.357 e. The standard InChI is InChI=1S/C17H24F2N4O.HI/c1-2-20-17(21-9-3-4-16(24)23-14-6-7-14)22-11-12-10-13(18)5-8-15(12)19;/h5,8,10,14H,2-4,6-7,9,11H2,1H3,(H,23,24)(H2,20,21,22);1H. The maximum absolute atomic E-state index is 13.6. The van der Waals surface area contributed by atoms with Gasteiger partial charge in [0.05, 0.1) is 6.54 Å². The van der Waals surface area contributed by atoms with E-state index in [-0.39, 0.29) is 42.0 Å². The molecular weight excluding hydrogens is 441 g/mol. The Morgan fingerprint density at radius 1 is 1.28 bits per heavy atom. The first kappa shape index (κ1) is 21.6. The number of carbonyl (C=O) groups excluding carboxylic acids is 1. The number of amides is 1. The molecule has 1 aromatic carbocycles. The van der Waals surface area contributed by atoms with E-state index in [1.54, 1.807) is 0 Å². The van der Waals surface area contributed by atoms with E-state index in [0.29, 0.717) is 37.9 Å². The van der Waals surface area contributed by atoms with E-state index in [0.717, 1.165) is 31.0 Å². The summed E-state index contributed by atoms with van der Waals surface area (Å²) in [6.07, 6.45) is 3.30. The zero-order valence-electron chi connectivity index (χ0n) is 14.3. The molecule has 1 amide bonds. The van der Waals surface area contributed by atoms with E-state index in [9.17, 15) is 13.6 Å². The summed E-state index contributed by atoms with van der Waals surface area (Å²) in [5.41, 5.74) is 0.205. The van der Waals surface area contributed by atoms with Crippen molar-refractivity contribution in [2.45, 2.75) is 45.2 Å². The van der Waals surface area contributed by atoms with Gasteiger partial charge in [-0.05, 0) is 44.4 Å². The highest BCUT2D eigenvalue weighted by atomic mass is 127. The Balaban J connectivity index is 0.00000312. The summed E-state index contributed by atoms with van der Waals surface area (Å²) in [5, 5.41) is 9.07. The topological polar surface area (TPSA) is 65.5 Å². The van der Waals surface area contributed by atoms with Crippen LogP contribution in [0.15, 0.2) is 23.2 Å². The fraction of sp³-hybridized carbons (Fsp3) is 0.529. The maximum Gasteiger partial charge on any atom is 0.220 e. The average Bonchev–Trinajstić information content (AvgIpc) is 3.36. The molecule has 8 heteroatoms. The molecule has 0 unspecified atom stereocenters. The van der Waals surface area contributed by atoms with E-state index in [1.807, 2.05) is 6.92 Å². The van der Waals surface area contributed by atoms with Crippen molar-refractivity contribution < 1.29 is 13.6 Å². The number of hydrogen-bond donors (Lipinski definition) is 3. The van der Waals surface area contributed by atoms with Crippen LogP contribution in [0.4, 0.5) is 8.78 Å². The fourth-order valence-corrected chi connectivity index (χ4v) is 2.15. The van der Waals surface area contributed by atoms with Crippen molar-refractivity contribution in [3.05, 3.63) is 35.4 Å². The van der Waals surface area contributed by atoms with Gasteiger partial charge in [0.15, 0.2) is 5.96 Å². The zero-order chi connectivity index (χ0) is 17.4. The van der Waals surface area contributed by atoms with Gasteiger partial charge in [-0.2, -0.15) is 0 Å². The molecule has 5 nitrogen and oxygen atoms in total. The van der Waals surface area contributed by atoms with E-state index < -0.39 is 11.6 Å². The van der Waals surface area contributed by atoms with E-state index in [4.69, 9.17) is 0 Å². The first-order valence-electron chi connectivity index (χ1n) is 8.34. The number of carbonyl (C=O) groups is 1. The van der Waals surface area contributed by atoms with Crippen molar-refractivity contribution >= 4 is 35.8 Å². The third-order valence-corrected chi connectivity index (χ3v) is 3.58. The molecule has 0 heterocycles. The highest BCUT2D eigenvalue weighted by molar-refractivity contribution is 14.0. The van der Waals surface area contributed by atoms with Gasteiger partial charge in [0.2, 0.25) is 5.91 Å². The average molecular weight is 466 g/mol. The van der Waals surface area contributed by atoms with Gasteiger partial charge in [0.25, 0.3) is 0 Å². The molecule has 1 fully saturated rings. The Morgan fingerprint density at radius 3 is 2.72 bits per heavy atom. The maximum atomic E-state index is 13.6. The Bertz CT molecular complexity index is 594. The molecule has 0 atom stereocenters. The van der Waals surface area contributed by atoms with Gasteiger partial charge in [-0.3, -0.25) is 4.79 Å². The minimum atomic E-state index is -0.485. The van der Waals surface area contributed by atoms with Gasteiger partial charge in [-0.1, -0.05) is 0 Å². The van der Waals surface area contributed by atoms with Crippen LogP contribution in [0.1, 0.15) is 38.2 Å². The molecule has 3 N–H and O–H groups in total. The van der Waals surface area contributed by atoms with Crippen LogP contribution in [0.2, 0.25) is 0 Å². The molecule has 0 aromatic heterocycles. The predicted octanol–water partition coefficient (Wildman–Crippen LogP) is 2.70. The molecular formula is C17H25F2IN4O. The SMILES string of the molecule is CCNC(=NCc1cc(F)ccc1F)NCCCC(=O)NC1CC1.I. The Kier molecular flexibility index (Phi) is 9.69. The van der Waals surface area contributed by atoms with Crippen LogP contribution in [0.5, 0.6) is 0 Å². The first-order chi connectivity index (χ1) is 11.6. The van der Waals surface area contributed by atoms with Crippen molar-refractivity contribution in [1.82, 2.24) is 16.0 Å². The van der Waals surface area contributed by atoms with Gasteiger partial charge in [-0.15, -0.1) is 24.0 Å². The van der Waals surface area contributed by atoms with Crippen molar-refractivity contribution in [2.24, 2.45) is 4.99 Å². The predicted molar refractivity (Wildman–Crippen MR) is 105 cm³/mol. The molecule has 0 bridgehead atoms. The van der Waals surface area contributed by atoms with Gasteiger partial charge in [0.1, 0.15) is 11.6 Å². The molecule has 0 radical (unpaired) electrons. The molecule has 140 valence electrons. The number of halogens is 3. The minimum Gasteiger partial charge on any atom is -0.357 e. The lowest BCUT2D eigenvalue weighted by Gasteiger charge is -2.11. The number of hydrogen-bond acceptors (Lipinski definition) is 2. The molecule has 25 heavy (non-hydrogen) atoms. The fourth-order valence-electron chi connectivity index (χ4n) is 2.15. The highest BCUT2D eigenvalue weighted by Crippen LogP contribution is 2.18. The number of nitrogens with zero attached hydrogens (tertiary/aromatic N) is 1. The second-order valence-corrected chi connectivity index (χ2v) is 5.80. The molecule has 0 aliphatic heterocycles. The number of guanidine groups is 1. The number of nitrogens with one attached hydrogen (secondary N) is 3. The smallest absolute Gasteiger partial charge is 0.220 e. The molecule has 1 aliphatic rings. The third kappa shape index (κ3) is 8.46. The molecule has 1 aromatic rings. The van der Waals surface area contributed by atoms with Crippen LogP contribution in [0.25, 0.3) is 0 Å². The summed E-state index contributed by atoms with van der Waals surface area (Å²) >= 11 is 0. The monoisotopic (exact) mass is 466 g/mol. The van der Waals surface area contributed by atoms with Crippen LogP contribution in [-0.2, 0) is 11.3 Å².